The Bertz CT molecular complexity index is 120. The van der Waals surface area contributed by atoms with Crippen LogP contribution in [0.4, 0.5) is 0 Å². The van der Waals surface area contributed by atoms with Crippen LogP contribution in [0.3, 0.4) is 0 Å². The van der Waals surface area contributed by atoms with E-state index in [4.69, 9.17) is 0 Å². The van der Waals surface area contributed by atoms with Crippen LogP contribution in [0.25, 0.3) is 0 Å². The average Bonchev–Trinajstić information content (AvgIpc) is 2.26. The van der Waals surface area contributed by atoms with E-state index in [2.05, 4.69) is 27.7 Å². The lowest BCUT2D eigenvalue weighted by Crippen LogP contribution is -2.36. The van der Waals surface area contributed by atoms with Gasteiger partial charge in [0.1, 0.15) is 0 Å². The van der Waals surface area contributed by atoms with E-state index in [0.717, 1.165) is 23.7 Å². The van der Waals surface area contributed by atoms with E-state index in [-0.39, 0.29) is 22.3 Å². The molecule has 0 spiro atoms. The summed E-state index contributed by atoms with van der Waals surface area (Å²) in [4.78, 5) is 0. The van der Waals surface area contributed by atoms with Gasteiger partial charge in [-0.2, -0.15) is 0 Å². The van der Waals surface area contributed by atoms with Crippen LogP contribution >= 0.6 is 0 Å². The molecule has 3 aliphatic carbocycles. The molecule has 108 valence electrons. The third kappa shape index (κ3) is 5.93. The van der Waals surface area contributed by atoms with Crippen molar-refractivity contribution in [3.63, 3.8) is 0 Å². The molecular weight excluding hydrogens is 204 g/mol. The smallest absolute Gasteiger partial charge is 0.0386 e. The summed E-state index contributed by atoms with van der Waals surface area (Å²) < 4.78 is 0. The Morgan fingerprint density at radius 3 is 1.00 bits per heavy atom. The fraction of sp³-hybridized carbons (Fsp3) is 1.00. The number of rotatable bonds is 1. The fourth-order valence-electron chi connectivity index (χ4n) is 3.06. The molecule has 0 heteroatoms. The molecule has 0 aromatic rings. The minimum absolute atomic E-state index is 0. The largest absolute Gasteiger partial charge is 0.0776 e. The molecule has 3 rings (SSSR count). The van der Waals surface area contributed by atoms with Crippen molar-refractivity contribution in [2.24, 2.45) is 23.7 Å². The van der Waals surface area contributed by atoms with Crippen LogP contribution in [0.1, 0.15) is 88.5 Å². The summed E-state index contributed by atoms with van der Waals surface area (Å²) in [5.74, 6) is 4.26. The highest BCUT2D eigenvalue weighted by Gasteiger charge is 2.38. The maximum atomic E-state index is 2.46. The molecule has 0 aromatic heterocycles. The van der Waals surface area contributed by atoms with E-state index in [1.165, 1.54) is 38.5 Å². The van der Waals surface area contributed by atoms with Crippen LogP contribution < -0.4 is 0 Å². The second-order valence-corrected chi connectivity index (χ2v) is 5.39. The van der Waals surface area contributed by atoms with Gasteiger partial charge in [0, 0.05) is 0 Å². The van der Waals surface area contributed by atoms with Gasteiger partial charge in [-0.3, -0.25) is 0 Å². The van der Waals surface area contributed by atoms with E-state index in [9.17, 15) is 0 Å². The molecular formula is C17H40. The molecule has 3 fully saturated rings. The summed E-state index contributed by atoms with van der Waals surface area (Å²) in [6.45, 7) is 9.28. The van der Waals surface area contributed by atoms with Crippen LogP contribution in [0.5, 0.6) is 0 Å². The summed E-state index contributed by atoms with van der Waals surface area (Å²) in [6.07, 6.45) is 8.79. The molecule has 0 nitrogen and oxygen atoms in total. The molecule has 0 unspecified atom stereocenters. The van der Waals surface area contributed by atoms with Gasteiger partial charge >= 0.3 is 0 Å². The third-order valence-electron chi connectivity index (χ3n) is 4.63. The SMILES string of the molecule is C.C.C.CCCC.C[C@H]1C2CCC(CC2)[C@@H]1C. The van der Waals surface area contributed by atoms with Gasteiger partial charge in [-0.05, 0) is 49.4 Å². The van der Waals surface area contributed by atoms with Crippen LogP contribution in [0.2, 0.25) is 0 Å². The molecule has 2 atom stereocenters. The molecule has 0 amide bonds. The van der Waals surface area contributed by atoms with Gasteiger partial charge in [0.05, 0.1) is 0 Å². The van der Waals surface area contributed by atoms with Crippen LogP contribution in [-0.2, 0) is 0 Å². The zero-order valence-corrected chi connectivity index (χ0v) is 10.6. The Hall–Kier alpha value is 0. The lowest BCUT2D eigenvalue weighted by atomic mass is 9.60. The molecule has 3 aliphatic rings. The highest BCUT2D eigenvalue weighted by atomic mass is 14.4. The molecule has 17 heavy (non-hydrogen) atoms. The van der Waals surface area contributed by atoms with Gasteiger partial charge < -0.3 is 0 Å². The average molecular weight is 245 g/mol. The van der Waals surface area contributed by atoms with Crippen LogP contribution in [0, 0.1) is 23.7 Å². The first-order valence-electron chi connectivity index (χ1n) is 6.70. The number of hydrogen-bond acceptors (Lipinski definition) is 0. The fourth-order valence-corrected chi connectivity index (χ4v) is 3.06. The van der Waals surface area contributed by atoms with Crippen molar-refractivity contribution < 1.29 is 0 Å². The van der Waals surface area contributed by atoms with Crippen molar-refractivity contribution in [2.75, 3.05) is 0 Å². The van der Waals surface area contributed by atoms with E-state index in [1.54, 1.807) is 0 Å². The highest BCUT2D eigenvalue weighted by Crippen LogP contribution is 2.48. The Morgan fingerprint density at radius 2 is 0.882 bits per heavy atom. The minimum Gasteiger partial charge on any atom is -0.0776 e. The summed E-state index contributed by atoms with van der Waals surface area (Å²) in [6, 6.07) is 0. The molecule has 0 heterocycles. The molecule has 2 bridgehead atoms. The Morgan fingerprint density at radius 1 is 0.647 bits per heavy atom. The second kappa shape index (κ2) is 11.1. The normalized spacial score (nSPS) is 33.2. The maximum Gasteiger partial charge on any atom is -0.0386 e. The van der Waals surface area contributed by atoms with E-state index >= 15 is 0 Å². The molecule has 3 saturated carbocycles. The Labute approximate surface area is 113 Å². The number of fused-ring (bicyclic) bond motifs is 3. The predicted molar refractivity (Wildman–Crippen MR) is 84.6 cm³/mol. The summed E-state index contributed by atoms with van der Waals surface area (Å²) >= 11 is 0. The second-order valence-electron chi connectivity index (χ2n) is 5.39. The summed E-state index contributed by atoms with van der Waals surface area (Å²) in [5.41, 5.74) is 0. The lowest BCUT2D eigenvalue weighted by molar-refractivity contribution is 0.0455. The standard InChI is InChI=1S/C10H18.C4H10.3CH4/c1-7-8(2)10-5-3-9(7)4-6-10;1-3-4-2;;;/h7-10H,3-6H2,1-2H3;3-4H2,1-2H3;3*1H4/t7-,8-,9?,10?;;;;/m1..../s1. The third-order valence-corrected chi connectivity index (χ3v) is 4.63. The van der Waals surface area contributed by atoms with Crippen LogP contribution in [0.15, 0.2) is 0 Å². The summed E-state index contributed by atoms with van der Waals surface area (Å²) in [5, 5.41) is 0. The van der Waals surface area contributed by atoms with E-state index in [1.807, 2.05) is 0 Å². The molecule has 0 radical (unpaired) electrons. The van der Waals surface area contributed by atoms with Gasteiger partial charge in [-0.1, -0.05) is 62.8 Å². The quantitative estimate of drug-likeness (QED) is 0.476. The molecule has 0 saturated heterocycles. The highest BCUT2D eigenvalue weighted by molar-refractivity contribution is 4.88. The van der Waals surface area contributed by atoms with Gasteiger partial charge in [-0.15, -0.1) is 0 Å². The van der Waals surface area contributed by atoms with Crippen molar-refractivity contribution >= 4 is 0 Å². The maximum absolute atomic E-state index is 2.46. The zero-order valence-electron chi connectivity index (χ0n) is 10.6. The number of hydrogen-bond donors (Lipinski definition) is 0. The van der Waals surface area contributed by atoms with Gasteiger partial charge in [-0.25, -0.2) is 0 Å². The molecule has 0 aliphatic heterocycles. The predicted octanol–water partition coefficient (Wildman–Crippen LogP) is 6.79. The molecule has 0 N–H and O–H groups in total. The summed E-state index contributed by atoms with van der Waals surface area (Å²) in [7, 11) is 0. The monoisotopic (exact) mass is 244 g/mol. The van der Waals surface area contributed by atoms with Crippen LogP contribution in [-0.4, -0.2) is 0 Å². The van der Waals surface area contributed by atoms with Crippen molar-refractivity contribution in [2.45, 2.75) is 88.5 Å². The first-order chi connectivity index (χ1) is 6.70. The topological polar surface area (TPSA) is 0 Å². The first-order valence-corrected chi connectivity index (χ1v) is 6.70. The van der Waals surface area contributed by atoms with Crippen molar-refractivity contribution in [1.29, 1.82) is 0 Å². The first kappa shape index (κ1) is 22.2. The van der Waals surface area contributed by atoms with Gasteiger partial charge in [0.15, 0.2) is 0 Å². The zero-order chi connectivity index (χ0) is 10.6. The molecule has 0 aromatic carbocycles. The Kier molecular flexibility index (Phi) is 14.5. The van der Waals surface area contributed by atoms with Gasteiger partial charge in [0.2, 0.25) is 0 Å². The van der Waals surface area contributed by atoms with Crippen molar-refractivity contribution in [3.05, 3.63) is 0 Å². The van der Waals surface area contributed by atoms with E-state index < -0.39 is 0 Å². The Balaban J connectivity index is -0.000000252. The van der Waals surface area contributed by atoms with Crippen molar-refractivity contribution in [1.82, 2.24) is 0 Å². The number of unbranched alkanes of at least 4 members (excludes halogenated alkanes) is 1. The van der Waals surface area contributed by atoms with Crippen molar-refractivity contribution in [3.8, 4) is 0 Å². The van der Waals surface area contributed by atoms with Gasteiger partial charge in [0.25, 0.3) is 0 Å². The lowest BCUT2D eigenvalue weighted by Gasteiger charge is -2.46. The minimum atomic E-state index is 0. The van der Waals surface area contributed by atoms with E-state index in [0.29, 0.717) is 0 Å².